The van der Waals surface area contributed by atoms with E-state index in [0.717, 1.165) is 24.0 Å². The van der Waals surface area contributed by atoms with Gasteiger partial charge in [0.15, 0.2) is 5.13 Å². The molecular formula is C25H27N3O2S. The Morgan fingerprint density at radius 3 is 2.35 bits per heavy atom. The van der Waals surface area contributed by atoms with E-state index in [1.54, 1.807) is 11.1 Å². The van der Waals surface area contributed by atoms with E-state index in [1.807, 2.05) is 47.8 Å². The predicted octanol–water partition coefficient (Wildman–Crippen LogP) is 5.47. The number of benzene rings is 2. The van der Waals surface area contributed by atoms with Crippen LogP contribution in [0.4, 0.5) is 5.13 Å². The van der Waals surface area contributed by atoms with Crippen LogP contribution in [0.15, 0.2) is 66.2 Å². The highest BCUT2D eigenvalue weighted by atomic mass is 32.1. The van der Waals surface area contributed by atoms with Crippen molar-refractivity contribution in [3.63, 3.8) is 0 Å². The van der Waals surface area contributed by atoms with Gasteiger partial charge >= 0.3 is 0 Å². The van der Waals surface area contributed by atoms with Crippen molar-refractivity contribution < 1.29 is 9.59 Å². The topological polar surface area (TPSA) is 62.3 Å². The third kappa shape index (κ3) is 5.79. The molecule has 1 aromatic heterocycles. The van der Waals surface area contributed by atoms with E-state index in [1.165, 1.54) is 30.6 Å². The molecule has 4 rings (SSSR count). The molecule has 1 saturated carbocycles. The van der Waals surface area contributed by atoms with Gasteiger partial charge in [0.1, 0.15) is 6.54 Å². The molecular weight excluding hydrogens is 406 g/mol. The van der Waals surface area contributed by atoms with E-state index in [-0.39, 0.29) is 18.4 Å². The quantitative estimate of drug-likeness (QED) is 0.537. The van der Waals surface area contributed by atoms with Crippen LogP contribution in [0.1, 0.15) is 42.5 Å². The smallest absolute Gasteiger partial charge is 0.254 e. The van der Waals surface area contributed by atoms with E-state index in [2.05, 4.69) is 22.4 Å². The highest BCUT2D eigenvalue weighted by molar-refractivity contribution is 7.13. The molecule has 0 aliphatic heterocycles. The van der Waals surface area contributed by atoms with Crippen LogP contribution in [-0.2, 0) is 4.79 Å². The molecule has 1 aliphatic rings. The van der Waals surface area contributed by atoms with Gasteiger partial charge in [-0.1, -0.05) is 61.7 Å². The number of nitrogens with one attached hydrogen (secondary N) is 1. The van der Waals surface area contributed by atoms with Crippen LogP contribution in [0.5, 0.6) is 0 Å². The average Bonchev–Trinajstić information content (AvgIpc) is 3.32. The number of amides is 2. The van der Waals surface area contributed by atoms with Gasteiger partial charge in [-0.25, -0.2) is 4.98 Å². The minimum Gasteiger partial charge on any atom is -0.329 e. The van der Waals surface area contributed by atoms with Crippen molar-refractivity contribution in [3.8, 4) is 11.1 Å². The van der Waals surface area contributed by atoms with Crippen molar-refractivity contribution in [2.45, 2.75) is 32.1 Å². The lowest BCUT2D eigenvalue weighted by Crippen LogP contribution is -2.41. The molecule has 6 heteroatoms. The van der Waals surface area contributed by atoms with Crippen LogP contribution in [0, 0.1) is 5.92 Å². The van der Waals surface area contributed by atoms with Gasteiger partial charge in [0.2, 0.25) is 5.91 Å². The molecule has 0 bridgehead atoms. The zero-order valence-corrected chi connectivity index (χ0v) is 18.3. The largest absolute Gasteiger partial charge is 0.329 e. The summed E-state index contributed by atoms with van der Waals surface area (Å²) in [5.74, 6) is 0.147. The zero-order valence-electron chi connectivity index (χ0n) is 17.5. The molecule has 1 N–H and O–H groups in total. The van der Waals surface area contributed by atoms with Crippen LogP contribution < -0.4 is 5.32 Å². The monoisotopic (exact) mass is 433 g/mol. The molecule has 0 atom stereocenters. The molecule has 0 spiro atoms. The van der Waals surface area contributed by atoms with Gasteiger partial charge in [-0.2, -0.15) is 0 Å². The maximum absolute atomic E-state index is 13.3. The van der Waals surface area contributed by atoms with Crippen molar-refractivity contribution in [2.75, 3.05) is 18.4 Å². The minimum atomic E-state index is -0.208. The van der Waals surface area contributed by atoms with Crippen molar-refractivity contribution >= 4 is 28.3 Å². The molecule has 2 amide bonds. The normalized spacial score (nSPS) is 14.2. The van der Waals surface area contributed by atoms with E-state index in [4.69, 9.17) is 0 Å². The lowest BCUT2D eigenvalue weighted by molar-refractivity contribution is -0.117. The Hall–Kier alpha value is -2.99. The van der Waals surface area contributed by atoms with Crippen molar-refractivity contribution in [1.29, 1.82) is 0 Å². The summed E-state index contributed by atoms with van der Waals surface area (Å²) >= 11 is 1.37. The van der Waals surface area contributed by atoms with Gasteiger partial charge in [0.25, 0.3) is 5.91 Å². The SMILES string of the molecule is O=C(CN(CC1CCCCC1)C(=O)c1ccc(-c2ccccc2)cc1)Nc1nccs1. The lowest BCUT2D eigenvalue weighted by Gasteiger charge is -2.29. The van der Waals surface area contributed by atoms with Crippen LogP contribution in [-0.4, -0.2) is 34.8 Å². The number of carbonyl (C=O) groups excluding carboxylic acids is 2. The highest BCUT2D eigenvalue weighted by Gasteiger charge is 2.24. The number of nitrogens with zero attached hydrogens (tertiary/aromatic N) is 2. The van der Waals surface area contributed by atoms with Crippen LogP contribution in [0.25, 0.3) is 11.1 Å². The molecule has 160 valence electrons. The van der Waals surface area contributed by atoms with E-state index in [0.29, 0.717) is 23.2 Å². The van der Waals surface area contributed by atoms with Gasteiger partial charge in [0.05, 0.1) is 0 Å². The number of thiazole rings is 1. The van der Waals surface area contributed by atoms with Crippen molar-refractivity contribution in [1.82, 2.24) is 9.88 Å². The third-order valence-electron chi connectivity index (χ3n) is 5.74. The predicted molar refractivity (Wildman–Crippen MR) is 125 cm³/mol. The first-order chi connectivity index (χ1) is 15.2. The number of carbonyl (C=O) groups is 2. The third-order valence-corrected chi connectivity index (χ3v) is 6.43. The number of hydrogen-bond acceptors (Lipinski definition) is 4. The second-order valence-electron chi connectivity index (χ2n) is 8.02. The first-order valence-electron chi connectivity index (χ1n) is 10.8. The van der Waals surface area contributed by atoms with Crippen LogP contribution >= 0.6 is 11.3 Å². The molecule has 5 nitrogen and oxygen atoms in total. The average molecular weight is 434 g/mol. The van der Waals surface area contributed by atoms with E-state index in [9.17, 15) is 9.59 Å². The summed E-state index contributed by atoms with van der Waals surface area (Å²) in [6, 6.07) is 17.7. The fourth-order valence-electron chi connectivity index (χ4n) is 4.14. The summed E-state index contributed by atoms with van der Waals surface area (Å²) < 4.78 is 0. The molecule has 1 heterocycles. The van der Waals surface area contributed by atoms with E-state index < -0.39 is 0 Å². The summed E-state index contributed by atoms with van der Waals surface area (Å²) in [5.41, 5.74) is 2.79. The van der Waals surface area contributed by atoms with Gasteiger partial charge in [-0.15, -0.1) is 11.3 Å². The Balaban J connectivity index is 1.48. The number of aromatic nitrogens is 1. The maximum atomic E-state index is 13.3. The maximum Gasteiger partial charge on any atom is 0.254 e. The first-order valence-corrected chi connectivity index (χ1v) is 11.7. The van der Waals surface area contributed by atoms with E-state index >= 15 is 0 Å². The van der Waals surface area contributed by atoms with Crippen LogP contribution in [0.3, 0.4) is 0 Å². The lowest BCUT2D eigenvalue weighted by atomic mass is 9.89. The molecule has 0 saturated heterocycles. The van der Waals surface area contributed by atoms with Gasteiger partial charge in [-0.05, 0) is 42.0 Å². The van der Waals surface area contributed by atoms with Gasteiger partial charge in [0, 0.05) is 23.7 Å². The summed E-state index contributed by atoms with van der Waals surface area (Å²) in [6.45, 7) is 0.653. The molecule has 0 radical (unpaired) electrons. The summed E-state index contributed by atoms with van der Waals surface area (Å²) in [6.07, 6.45) is 7.54. The van der Waals surface area contributed by atoms with Gasteiger partial charge in [-0.3, -0.25) is 9.59 Å². The van der Waals surface area contributed by atoms with Gasteiger partial charge < -0.3 is 10.2 Å². The molecule has 31 heavy (non-hydrogen) atoms. The van der Waals surface area contributed by atoms with Crippen molar-refractivity contribution in [3.05, 3.63) is 71.7 Å². The molecule has 3 aromatic rings. The zero-order chi connectivity index (χ0) is 21.5. The Labute approximate surface area is 187 Å². The molecule has 0 unspecified atom stereocenters. The molecule has 2 aromatic carbocycles. The minimum absolute atomic E-state index is 0.0371. The van der Waals surface area contributed by atoms with Crippen LogP contribution in [0.2, 0.25) is 0 Å². The highest BCUT2D eigenvalue weighted by Crippen LogP contribution is 2.26. The first kappa shape index (κ1) is 21.2. The summed E-state index contributed by atoms with van der Waals surface area (Å²) in [5, 5.41) is 5.17. The number of anilines is 1. The Bertz CT molecular complexity index is 981. The fraction of sp³-hybridized carbons (Fsp3) is 0.320. The Morgan fingerprint density at radius 1 is 0.968 bits per heavy atom. The Kier molecular flexibility index (Phi) is 7.10. The second-order valence-corrected chi connectivity index (χ2v) is 8.91. The Morgan fingerprint density at radius 2 is 1.68 bits per heavy atom. The summed E-state index contributed by atoms with van der Waals surface area (Å²) in [4.78, 5) is 31.7. The number of hydrogen-bond donors (Lipinski definition) is 1. The van der Waals surface area contributed by atoms with Crippen molar-refractivity contribution in [2.24, 2.45) is 5.92 Å². The number of rotatable bonds is 7. The fourth-order valence-corrected chi connectivity index (χ4v) is 4.68. The standard InChI is InChI=1S/C25H27N3O2S/c29-23(27-25-26-15-16-31-25)18-28(17-19-7-3-1-4-8-19)24(30)22-13-11-21(12-14-22)20-9-5-2-6-10-20/h2,5-6,9-16,19H,1,3-4,7-8,17-18H2,(H,26,27,29). The molecule has 1 aliphatic carbocycles. The summed E-state index contributed by atoms with van der Waals surface area (Å²) in [7, 11) is 0. The molecule has 1 fully saturated rings. The second kappa shape index (κ2) is 10.4.